The van der Waals surface area contributed by atoms with E-state index in [4.69, 9.17) is 2.74 Å². The van der Waals surface area contributed by atoms with Crippen LogP contribution in [0.15, 0.2) is 85.2 Å². The van der Waals surface area contributed by atoms with Crippen molar-refractivity contribution in [3.05, 3.63) is 114 Å². The zero-order valence-electron chi connectivity index (χ0n) is 27.6. The topological polar surface area (TPSA) is 25.8 Å². The van der Waals surface area contributed by atoms with Gasteiger partial charge in [-0.25, -0.2) is 4.39 Å². The van der Waals surface area contributed by atoms with Crippen molar-refractivity contribution >= 4 is 44.8 Å². The van der Waals surface area contributed by atoms with Gasteiger partial charge in [-0.15, -0.1) is 59.7 Å². The maximum absolute atomic E-state index is 13.6. The Labute approximate surface area is 276 Å². The number of fused-ring (bicyclic) bond motifs is 3. The zero-order valence-corrected chi connectivity index (χ0v) is 29.8. The third-order valence-corrected chi connectivity index (χ3v) is 10.4. The first kappa shape index (κ1) is 30.0. The normalized spacial score (nSPS) is 12.7. The summed E-state index contributed by atoms with van der Waals surface area (Å²) in [6.07, 6.45) is 3.72. The molecule has 3 heterocycles. The third-order valence-electron chi connectivity index (χ3n) is 7.22. The second-order valence-corrected chi connectivity index (χ2v) is 18.0. The molecule has 0 unspecified atom stereocenters. The summed E-state index contributed by atoms with van der Waals surface area (Å²) in [7, 11) is -1.50. The van der Waals surface area contributed by atoms with Gasteiger partial charge in [0.05, 0.1) is 8.07 Å². The van der Waals surface area contributed by atoms with Gasteiger partial charge in [0.25, 0.3) is 0 Å². The number of benzene rings is 3. The standard InChI is InChI=1S/C20H15FNS.C17H22NSi.Ir/c1-12(2)13-8-9-22-18(10-13)16-5-3-4-15-17-11-14(21)6-7-19(17)23-20(15)16;1-13(2)15-11-16(14-9-7-6-8-10-14)18-12-17(15)19(3,4)5;/h3-4,6-12H,1-2H3;6-9,11-13H,1-5H3;/q2*-1;/i12D;13D;. The molecule has 0 N–H and O–H groups in total. The maximum atomic E-state index is 13.6. The summed E-state index contributed by atoms with van der Waals surface area (Å²) in [6, 6.07) is 28.9. The average molecular weight is 783 g/mol. The number of hydrogen-bond acceptors (Lipinski definition) is 3. The molecule has 0 saturated heterocycles. The predicted octanol–water partition coefficient (Wildman–Crippen LogP) is 10.4. The molecule has 0 aliphatic rings. The van der Waals surface area contributed by atoms with Crippen LogP contribution in [0, 0.1) is 17.9 Å². The van der Waals surface area contributed by atoms with Crippen LogP contribution in [0.1, 0.15) is 53.4 Å². The Balaban J connectivity index is 0.000000204. The molecule has 0 amide bonds. The van der Waals surface area contributed by atoms with E-state index in [2.05, 4.69) is 47.8 Å². The first-order chi connectivity index (χ1) is 20.6. The molecule has 6 heteroatoms. The minimum absolute atomic E-state index is 0. The van der Waals surface area contributed by atoms with Gasteiger partial charge in [-0.2, -0.15) is 11.3 Å². The fourth-order valence-electron chi connectivity index (χ4n) is 4.95. The first-order valence-corrected chi connectivity index (χ1v) is 18.4. The summed E-state index contributed by atoms with van der Waals surface area (Å²) in [5.41, 5.74) is 5.60. The molecule has 0 spiro atoms. The second kappa shape index (κ2) is 13.7. The van der Waals surface area contributed by atoms with E-state index in [1.165, 1.54) is 11.3 Å². The van der Waals surface area contributed by atoms with Crippen LogP contribution in [0.25, 0.3) is 42.7 Å². The van der Waals surface area contributed by atoms with Crippen molar-refractivity contribution < 1.29 is 27.2 Å². The molecule has 0 aliphatic carbocycles. The van der Waals surface area contributed by atoms with E-state index < -0.39 is 19.9 Å². The van der Waals surface area contributed by atoms with Crippen molar-refractivity contribution in [1.82, 2.24) is 9.97 Å². The smallest absolute Gasteiger partial charge is 0.123 e. The Bertz CT molecular complexity index is 1940. The SMILES string of the molecule is [2H]C(C)(C)c1cc(-c2[c-]cccc2)ncc1[Si](C)(C)C.[2H]C(C)(C)c1ccnc(-c2[c-]ccc3c2sc2ccc(F)cc23)c1.[Ir]. The summed E-state index contributed by atoms with van der Waals surface area (Å²) < 4.78 is 32.4. The van der Waals surface area contributed by atoms with Crippen molar-refractivity contribution in [3.63, 3.8) is 0 Å². The Morgan fingerprint density at radius 1 is 0.837 bits per heavy atom. The van der Waals surface area contributed by atoms with Gasteiger partial charge >= 0.3 is 0 Å². The van der Waals surface area contributed by atoms with Gasteiger partial charge in [-0.05, 0) is 62.7 Å². The number of pyridine rings is 2. The fourth-order valence-corrected chi connectivity index (χ4v) is 7.72. The molecule has 0 aliphatic heterocycles. The Hall–Kier alpha value is -3.02. The van der Waals surface area contributed by atoms with E-state index in [0.717, 1.165) is 53.8 Å². The fraction of sp³-hybridized carbons (Fsp3) is 0.243. The minimum Gasteiger partial charge on any atom is -0.305 e. The van der Waals surface area contributed by atoms with Gasteiger partial charge in [-0.1, -0.05) is 76.0 Å². The van der Waals surface area contributed by atoms with Gasteiger partial charge in [0.2, 0.25) is 0 Å². The van der Waals surface area contributed by atoms with Gasteiger partial charge < -0.3 is 9.97 Å². The minimum atomic E-state index is -1.50. The molecule has 0 fully saturated rings. The summed E-state index contributed by atoms with van der Waals surface area (Å²) in [5, 5.41) is 3.21. The largest absolute Gasteiger partial charge is 0.305 e. The van der Waals surface area contributed by atoms with Gasteiger partial charge in [0.15, 0.2) is 0 Å². The van der Waals surface area contributed by atoms with Crippen molar-refractivity contribution in [2.45, 2.75) is 59.1 Å². The number of rotatable bonds is 5. The summed E-state index contributed by atoms with van der Waals surface area (Å²) in [4.78, 5) is 9.09. The quantitative estimate of drug-likeness (QED) is 0.129. The molecule has 2 nitrogen and oxygen atoms in total. The summed E-state index contributed by atoms with van der Waals surface area (Å²) in [5.74, 6) is -1.52. The van der Waals surface area contributed by atoms with Crippen LogP contribution >= 0.6 is 11.3 Å². The summed E-state index contributed by atoms with van der Waals surface area (Å²) in [6.45, 7) is 14.5. The van der Waals surface area contributed by atoms with Crippen LogP contribution in [-0.4, -0.2) is 18.0 Å². The van der Waals surface area contributed by atoms with Crippen molar-refractivity contribution in [2.75, 3.05) is 0 Å². The van der Waals surface area contributed by atoms with Crippen molar-refractivity contribution in [2.24, 2.45) is 0 Å². The molecular formula is C37H37FIrN2SSi-2. The molecule has 0 atom stereocenters. The molecule has 6 rings (SSSR count). The van der Waals surface area contributed by atoms with E-state index in [0.29, 0.717) is 0 Å². The average Bonchev–Trinajstić information content (AvgIpc) is 3.34. The summed E-state index contributed by atoms with van der Waals surface area (Å²) >= 11 is 1.62. The number of hydrogen-bond donors (Lipinski definition) is 0. The van der Waals surface area contributed by atoms with Crippen LogP contribution in [-0.2, 0) is 20.1 Å². The number of nitrogens with zero attached hydrogens (tertiary/aromatic N) is 2. The molecule has 1 radical (unpaired) electrons. The van der Waals surface area contributed by atoms with E-state index in [1.807, 2.05) is 88.5 Å². The number of aromatic nitrogens is 2. The molecule has 3 aromatic heterocycles. The molecule has 0 bridgehead atoms. The number of thiophene rings is 1. The van der Waals surface area contributed by atoms with Crippen LogP contribution in [0.2, 0.25) is 19.6 Å². The Morgan fingerprint density at radius 3 is 2.30 bits per heavy atom. The molecule has 223 valence electrons. The predicted molar refractivity (Wildman–Crippen MR) is 181 cm³/mol. The molecule has 3 aromatic carbocycles. The van der Waals surface area contributed by atoms with Crippen LogP contribution < -0.4 is 5.19 Å². The Kier molecular flexibility index (Phi) is 9.59. The van der Waals surface area contributed by atoms with Gasteiger partial charge in [-0.3, -0.25) is 0 Å². The molecular weight excluding hydrogens is 744 g/mol. The zero-order chi connectivity index (χ0) is 31.9. The molecule has 6 aromatic rings. The van der Waals surface area contributed by atoms with E-state index in [1.54, 1.807) is 23.6 Å². The number of halogens is 1. The third kappa shape index (κ3) is 7.38. The van der Waals surface area contributed by atoms with Crippen LogP contribution in [0.3, 0.4) is 0 Å². The second-order valence-electron chi connectivity index (χ2n) is 11.9. The maximum Gasteiger partial charge on any atom is 0.123 e. The van der Waals surface area contributed by atoms with E-state index in [9.17, 15) is 4.39 Å². The molecule has 43 heavy (non-hydrogen) atoms. The first-order valence-electron chi connectivity index (χ1n) is 15.1. The van der Waals surface area contributed by atoms with Crippen molar-refractivity contribution in [1.29, 1.82) is 0 Å². The monoisotopic (exact) mass is 783 g/mol. The van der Waals surface area contributed by atoms with Crippen LogP contribution in [0.5, 0.6) is 0 Å². The van der Waals surface area contributed by atoms with Gasteiger partial charge in [0.1, 0.15) is 5.82 Å². The van der Waals surface area contributed by atoms with Gasteiger partial charge in [0, 0.05) is 39.9 Å². The Morgan fingerprint density at radius 2 is 1.63 bits per heavy atom. The van der Waals surface area contributed by atoms with E-state index >= 15 is 0 Å². The van der Waals surface area contributed by atoms with Crippen molar-refractivity contribution in [3.8, 4) is 22.5 Å². The van der Waals surface area contributed by atoms with E-state index in [-0.39, 0.29) is 25.9 Å². The molecule has 0 saturated carbocycles. The van der Waals surface area contributed by atoms with Crippen LogP contribution in [0.4, 0.5) is 4.39 Å².